The highest BCUT2D eigenvalue weighted by Gasteiger charge is 2.32. The van der Waals surface area contributed by atoms with Crippen LogP contribution in [0.2, 0.25) is 10.0 Å². The molecular formula is C22H32Cl2N2O3. The Morgan fingerprint density at radius 2 is 1.76 bits per heavy atom. The molecule has 0 saturated carbocycles. The van der Waals surface area contributed by atoms with E-state index in [9.17, 15) is 9.90 Å². The molecule has 2 saturated heterocycles. The lowest BCUT2D eigenvalue weighted by atomic mass is 9.92. The minimum atomic E-state index is -0.692. The Hall–Kier alpha value is -1.01. The highest BCUT2D eigenvalue weighted by molar-refractivity contribution is 6.42. The zero-order chi connectivity index (χ0) is 21.0. The number of carboxylic acid groups (broad SMARTS) is 1. The molecule has 5 nitrogen and oxygen atoms in total. The van der Waals surface area contributed by atoms with Gasteiger partial charge in [-0.3, -0.25) is 9.69 Å². The lowest BCUT2D eigenvalue weighted by Gasteiger charge is -2.40. The van der Waals surface area contributed by atoms with E-state index in [4.69, 9.17) is 27.9 Å². The van der Waals surface area contributed by atoms with Crippen LogP contribution in [0.25, 0.3) is 0 Å². The first-order chi connectivity index (χ1) is 13.8. The molecule has 1 N–H and O–H groups in total. The molecule has 0 aromatic heterocycles. The molecule has 0 amide bonds. The zero-order valence-electron chi connectivity index (χ0n) is 17.3. The number of aliphatic carboxylic acids is 1. The Labute approximate surface area is 183 Å². The van der Waals surface area contributed by atoms with Gasteiger partial charge in [0, 0.05) is 25.7 Å². The van der Waals surface area contributed by atoms with E-state index in [1.807, 2.05) is 19.9 Å². The summed E-state index contributed by atoms with van der Waals surface area (Å²) in [7, 11) is 0. The van der Waals surface area contributed by atoms with Gasteiger partial charge in [-0.15, -0.1) is 0 Å². The second kappa shape index (κ2) is 10.3. The molecule has 1 unspecified atom stereocenters. The van der Waals surface area contributed by atoms with Crippen molar-refractivity contribution in [2.24, 2.45) is 11.8 Å². The zero-order valence-corrected chi connectivity index (χ0v) is 18.8. The first kappa shape index (κ1) is 22.7. The predicted octanol–water partition coefficient (Wildman–Crippen LogP) is 4.66. The van der Waals surface area contributed by atoms with Crippen molar-refractivity contribution in [3.8, 4) is 5.75 Å². The molecular weight excluding hydrogens is 411 g/mol. The average molecular weight is 443 g/mol. The normalized spacial score (nSPS) is 21.4. The number of ether oxygens (including phenoxy) is 1. The molecule has 1 atom stereocenters. The summed E-state index contributed by atoms with van der Waals surface area (Å²) in [6, 6.07) is 5.07. The van der Waals surface area contributed by atoms with Gasteiger partial charge < -0.3 is 14.7 Å². The van der Waals surface area contributed by atoms with Gasteiger partial charge in [0.15, 0.2) is 0 Å². The molecule has 29 heavy (non-hydrogen) atoms. The van der Waals surface area contributed by atoms with Crippen LogP contribution in [0.1, 0.15) is 39.5 Å². The summed E-state index contributed by atoms with van der Waals surface area (Å²) in [5.74, 6) is 0.879. The summed E-state index contributed by atoms with van der Waals surface area (Å²) < 4.78 is 6.08. The number of likely N-dealkylation sites (tertiary alicyclic amines) is 2. The maximum absolute atomic E-state index is 11.6. The molecule has 1 aromatic rings. The summed E-state index contributed by atoms with van der Waals surface area (Å²) in [5, 5.41) is 10.6. The fraction of sp³-hybridized carbons (Fsp3) is 0.682. The monoisotopic (exact) mass is 442 g/mol. The van der Waals surface area contributed by atoms with E-state index in [1.54, 1.807) is 12.1 Å². The van der Waals surface area contributed by atoms with Crippen molar-refractivity contribution < 1.29 is 14.6 Å². The third-order valence-corrected chi connectivity index (χ3v) is 6.91. The van der Waals surface area contributed by atoms with Crippen molar-refractivity contribution >= 4 is 29.2 Å². The first-order valence-electron chi connectivity index (χ1n) is 10.6. The summed E-state index contributed by atoms with van der Waals surface area (Å²) in [6.07, 6.45) is 4.39. The predicted molar refractivity (Wildman–Crippen MR) is 117 cm³/mol. The van der Waals surface area contributed by atoms with Gasteiger partial charge in [0.2, 0.25) is 0 Å². The molecule has 162 valence electrons. The number of benzene rings is 1. The molecule has 2 aliphatic rings. The number of hydrogen-bond acceptors (Lipinski definition) is 4. The van der Waals surface area contributed by atoms with Crippen molar-refractivity contribution in [1.82, 2.24) is 9.80 Å². The SMILES string of the molecule is CC(C)C(C(=O)O)N1CCC(CN2CCC(Oc3ccc(Cl)c(Cl)c3)CC2)CC1. The molecule has 7 heteroatoms. The van der Waals surface area contributed by atoms with Crippen LogP contribution in [0.15, 0.2) is 18.2 Å². The fourth-order valence-corrected chi connectivity index (χ4v) is 4.88. The van der Waals surface area contributed by atoms with Crippen molar-refractivity contribution in [2.45, 2.75) is 51.7 Å². The Bertz CT molecular complexity index is 685. The van der Waals surface area contributed by atoms with E-state index in [-0.39, 0.29) is 18.1 Å². The van der Waals surface area contributed by atoms with E-state index in [0.717, 1.165) is 64.2 Å². The van der Waals surface area contributed by atoms with Crippen LogP contribution in [0.3, 0.4) is 0 Å². The maximum Gasteiger partial charge on any atom is 0.321 e. The summed E-state index contributed by atoms with van der Waals surface area (Å²) in [5.41, 5.74) is 0. The minimum absolute atomic E-state index is 0.138. The second-order valence-electron chi connectivity index (χ2n) is 8.70. The standard InChI is InChI=1S/C22H32Cl2N2O3/c1-15(2)21(22(27)28)26-11-5-16(6-12-26)14-25-9-7-17(8-10-25)29-18-3-4-19(23)20(24)13-18/h3-4,13,15-17,21H,5-12,14H2,1-2H3,(H,27,28). The highest BCUT2D eigenvalue weighted by atomic mass is 35.5. The van der Waals surface area contributed by atoms with Crippen LogP contribution in [0.5, 0.6) is 5.75 Å². The molecule has 0 spiro atoms. The van der Waals surface area contributed by atoms with Gasteiger partial charge in [-0.25, -0.2) is 0 Å². The van der Waals surface area contributed by atoms with Gasteiger partial charge in [-0.2, -0.15) is 0 Å². The molecule has 2 fully saturated rings. The van der Waals surface area contributed by atoms with Crippen molar-refractivity contribution in [3.05, 3.63) is 28.2 Å². The van der Waals surface area contributed by atoms with Crippen molar-refractivity contribution in [3.63, 3.8) is 0 Å². The lowest BCUT2D eigenvalue weighted by Crippen LogP contribution is -2.50. The van der Waals surface area contributed by atoms with Crippen LogP contribution >= 0.6 is 23.2 Å². The highest BCUT2D eigenvalue weighted by Crippen LogP contribution is 2.29. The summed E-state index contributed by atoms with van der Waals surface area (Å²) >= 11 is 12.0. The third-order valence-electron chi connectivity index (χ3n) is 6.17. The van der Waals surface area contributed by atoms with Crippen LogP contribution in [0.4, 0.5) is 0 Å². The topological polar surface area (TPSA) is 53.0 Å². The van der Waals surface area contributed by atoms with Crippen molar-refractivity contribution in [2.75, 3.05) is 32.7 Å². The van der Waals surface area contributed by atoms with E-state index in [0.29, 0.717) is 16.0 Å². The molecule has 1 aromatic carbocycles. The van der Waals surface area contributed by atoms with Crippen LogP contribution in [-0.2, 0) is 4.79 Å². The number of halogens is 2. The van der Waals surface area contributed by atoms with Crippen LogP contribution in [0, 0.1) is 11.8 Å². The largest absolute Gasteiger partial charge is 0.490 e. The smallest absolute Gasteiger partial charge is 0.321 e. The van der Waals surface area contributed by atoms with Crippen LogP contribution in [-0.4, -0.2) is 65.7 Å². The third kappa shape index (κ3) is 6.24. The minimum Gasteiger partial charge on any atom is -0.490 e. The van der Waals surface area contributed by atoms with E-state index >= 15 is 0 Å². The number of piperidine rings is 2. The van der Waals surface area contributed by atoms with Gasteiger partial charge in [-0.1, -0.05) is 37.0 Å². The Morgan fingerprint density at radius 1 is 1.10 bits per heavy atom. The molecule has 2 heterocycles. The number of rotatable bonds is 7. The Balaban J connectivity index is 1.40. The first-order valence-corrected chi connectivity index (χ1v) is 11.4. The van der Waals surface area contributed by atoms with Gasteiger partial charge in [0.05, 0.1) is 10.0 Å². The fourth-order valence-electron chi connectivity index (χ4n) is 4.59. The van der Waals surface area contributed by atoms with Crippen molar-refractivity contribution in [1.29, 1.82) is 0 Å². The lowest BCUT2D eigenvalue weighted by molar-refractivity contribution is -0.145. The van der Waals surface area contributed by atoms with E-state index in [2.05, 4.69) is 9.80 Å². The second-order valence-corrected chi connectivity index (χ2v) is 9.51. The van der Waals surface area contributed by atoms with E-state index < -0.39 is 5.97 Å². The molecule has 2 aliphatic heterocycles. The number of carboxylic acids is 1. The summed E-state index contributed by atoms with van der Waals surface area (Å²) in [6.45, 7) is 8.94. The number of nitrogens with zero attached hydrogens (tertiary/aromatic N) is 2. The summed E-state index contributed by atoms with van der Waals surface area (Å²) in [4.78, 5) is 16.2. The van der Waals surface area contributed by atoms with E-state index in [1.165, 1.54) is 0 Å². The van der Waals surface area contributed by atoms with Gasteiger partial charge in [0.25, 0.3) is 0 Å². The number of hydrogen-bond donors (Lipinski definition) is 1. The quantitative estimate of drug-likeness (QED) is 0.665. The maximum atomic E-state index is 11.6. The molecule has 3 rings (SSSR count). The van der Waals surface area contributed by atoms with Gasteiger partial charge >= 0.3 is 5.97 Å². The Morgan fingerprint density at radius 3 is 2.31 bits per heavy atom. The number of carbonyl (C=O) groups is 1. The molecule has 0 aliphatic carbocycles. The van der Waals surface area contributed by atoms with Gasteiger partial charge in [-0.05, 0) is 62.7 Å². The van der Waals surface area contributed by atoms with Gasteiger partial charge in [0.1, 0.15) is 17.9 Å². The Kier molecular flexibility index (Phi) is 8.08. The van der Waals surface area contributed by atoms with Crippen LogP contribution < -0.4 is 4.74 Å². The molecule has 0 bridgehead atoms. The molecule has 0 radical (unpaired) electrons. The average Bonchev–Trinajstić information content (AvgIpc) is 2.67.